The summed E-state index contributed by atoms with van der Waals surface area (Å²) >= 11 is 12.2. The fraction of sp³-hybridized carbons (Fsp3) is 0.139. The molecule has 5 aromatic rings. The number of phenolic OH excluding ortho intramolecular Hbond substituents is 1. The van der Waals surface area contributed by atoms with Gasteiger partial charge in [-0.1, -0.05) is 47.5 Å². The molecular weight excluding hydrogens is 761 g/mol. The number of sulfonamides is 1. The minimum atomic E-state index is -4.58. The number of nitrogens with zero attached hydrogens (tertiary/aromatic N) is 1. The van der Waals surface area contributed by atoms with E-state index in [2.05, 4.69) is 5.32 Å². The van der Waals surface area contributed by atoms with E-state index in [1.807, 2.05) is 0 Å². The minimum absolute atomic E-state index is 0.0242. The van der Waals surface area contributed by atoms with Gasteiger partial charge in [0, 0.05) is 30.9 Å². The number of hydrogen-bond acceptors (Lipinski definition) is 8. The highest BCUT2D eigenvalue weighted by atomic mass is 35.5. The lowest BCUT2D eigenvalue weighted by molar-refractivity contribution is 0.0946. The number of hydrogen-bond donors (Lipinski definition) is 2. The molecule has 0 fully saturated rings. The number of amides is 1. The van der Waals surface area contributed by atoms with Crippen molar-refractivity contribution in [3.8, 4) is 23.0 Å². The molecule has 2 N–H and O–H groups in total. The Kier molecular flexibility index (Phi) is 11.8. The van der Waals surface area contributed by atoms with E-state index < -0.39 is 48.0 Å². The zero-order valence-electron chi connectivity index (χ0n) is 27.4. The minimum Gasteiger partial charge on any atom is -0.505 e. The van der Waals surface area contributed by atoms with Gasteiger partial charge in [0.1, 0.15) is 22.2 Å². The third-order valence-corrected chi connectivity index (χ3v) is 11.1. The van der Waals surface area contributed by atoms with Gasteiger partial charge in [-0.05, 0) is 89.5 Å². The summed E-state index contributed by atoms with van der Waals surface area (Å²) < 4.78 is 92.9. The molecule has 0 saturated heterocycles. The fourth-order valence-corrected chi connectivity index (χ4v) is 7.89. The van der Waals surface area contributed by atoms with Crippen LogP contribution >= 0.6 is 23.2 Å². The van der Waals surface area contributed by atoms with Crippen molar-refractivity contribution in [1.82, 2.24) is 9.62 Å². The van der Waals surface area contributed by atoms with E-state index in [0.29, 0.717) is 16.7 Å². The molecule has 52 heavy (non-hydrogen) atoms. The smallest absolute Gasteiger partial charge is 0.254 e. The number of methoxy groups -OCH3 is 1. The van der Waals surface area contributed by atoms with Crippen molar-refractivity contribution in [2.24, 2.45) is 0 Å². The van der Waals surface area contributed by atoms with E-state index in [0.717, 1.165) is 16.6 Å². The first-order valence-electron chi connectivity index (χ1n) is 15.2. The number of sulfone groups is 1. The van der Waals surface area contributed by atoms with Crippen LogP contribution in [0.2, 0.25) is 10.0 Å². The van der Waals surface area contributed by atoms with Crippen LogP contribution in [0.3, 0.4) is 0 Å². The van der Waals surface area contributed by atoms with Crippen molar-refractivity contribution in [2.75, 3.05) is 13.4 Å². The summed E-state index contributed by atoms with van der Waals surface area (Å²) in [6.45, 7) is -0.820. The van der Waals surface area contributed by atoms with Crippen molar-refractivity contribution in [3.05, 3.63) is 141 Å². The zero-order valence-corrected chi connectivity index (χ0v) is 30.6. The standard InChI is InChI=1S/C36H30Cl2F2N2O8S2/c1-49-32-5-3-4-30(34(32)40)36(44)41-19-23-14-24(16-28(15-23)50-27-10-8-26(39)9-11-27)21-42(20-22-6-12-29(13-7-22)51(2,45)46)52(47,48)33-18-25(37)17-31(38)35(33)43/h3-18,43H,19-21H2,1-2H3,(H,41,44). The van der Waals surface area contributed by atoms with Crippen LogP contribution < -0.4 is 14.8 Å². The summed E-state index contributed by atoms with van der Waals surface area (Å²) in [6.07, 6.45) is 1.04. The molecule has 0 atom stereocenters. The molecule has 10 nitrogen and oxygen atoms in total. The molecule has 0 saturated carbocycles. The van der Waals surface area contributed by atoms with Gasteiger partial charge in [-0.15, -0.1) is 0 Å². The first-order valence-corrected chi connectivity index (χ1v) is 19.3. The number of nitrogens with one attached hydrogen (secondary N) is 1. The SMILES string of the molecule is COc1cccc(C(=O)NCc2cc(CN(Cc3ccc(S(C)(=O)=O)cc3)S(=O)(=O)c3cc(Cl)cc(Cl)c3O)cc(Oc3ccc(F)cc3)c2)c1F. The van der Waals surface area contributed by atoms with Crippen LogP contribution in [0.25, 0.3) is 0 Å². The summed E-state index contributed by atoms with van der Waals surface area (Å²) in [5, 5.41) is 13.0. The van der Waals surface area contributed by atoms with Crippen molar-refractivity contribution < 1.29 is 45.0 Å². The third-order valence-electron chi connectivity index (χ3n) is 7.64. The molecule has 5 rings (SSSR count). The number of benzene rings is 5. The lowest BCUT2D eigenvalue weighted by Crippen LogP contribution is -2.30. The Morgan fingerprint density at radius 3 is 2.13 bits per heavy atom. The topological polar surface area (TPSA) is 139 Å². The third kappa shape index (κ3) is 9.19. The molecule has 0 aliphatic heterocycles. The Morgan fingerprint density at radius 1 is 0.827 bits per heavy atom. The number of ether oxygens (including phenoxy) is 2. The molecule has 0 unspecified atom stereocenters. The predicted molar refractivity (Wildman–Crippen MR) is 191 cm³/mol. The maximum atomic E-state index is 14.8. The molecule has 5 aromatic carbocycles. The second-order valence-corrected chi connectivity index (χ2v) is 16.2. The molecule has 0 bridgehead atoms. The molecule has 0 spiro atoms. The van der Waals surface area contributed by atoms with Crippen LogP contribution in [0.1, 0.15) is 27.0 Å². The molecule has 0 aromatic heterocycles. The Hall–Kier alpha value is -4.73. The summed E-state index contributed by atoms with van der Waals surface area (Å²) in [5.74, 6) is -2.52. The first-order chi connectivity index (χ1) is 24.5. The highest BCUT2D eigenvalue weighted by Crippen LogP contribution is 2.37. The summed E-state index contributed by atoms with van der Waals surface area (Å²) in [4.78, 5) is 12.4. The van der Waals surface area contributed by atoms with Gasteiger partial charge in [0.25, 0.3) is 5.91 Å². The Bertz CT molecular complexity index is 2340. The predicted octanol–water partition coefficient (Wildman–Crippen LogP) is 7.50. The van der Waals surface area contributed by atoms with Crippen molar-refractivity contribution in [1.29, 1.82) is 0 Å². The second-order valence-electron chi connectivity index (χ2n) is 11.5. The number of carbonyl (C=O) groups is 1. The second kappa shape index (κ2) is 15.9. The van der Waals surface area contributed by atoms with Gasteiger partial charge < -0.3 is 19.9 Å². The number of carbonyl (C=O) groups excluding carboxylic acids is 1. The highest BCUT2D eigenvalue weighted by Gasteiger charge is 2.30. The van der Waals surface area contributed by atoms with E-state index in [4.69, 9.17) is 32.7 Å². The number of aromatic hydroxyl groups is 1. The van der Waals surface area contributed by atoms with Crippen LogP contribution in [-0.2, 0) is 39.5 Å². The Balaban J connectivity index is 1.55. The van der Waals surface area contributed by atoms with Crippen molar-refractivity contribution in [3.63, 3.8) is 0 Å². The summed E-state index contributed by atoms with van der Waals surface area (Å²) in [5.41, 5.74) is 0.877. The lowest BCUT2D eigenvalue weighted by Gasteiger charge is -2.24. The van der Waals surface area contributed by atoms with E-state index >= 15 is 0 Å². The summed E-state index contributed by atoms with van der Waals surface area (Å²) in [7, 11) is -6.86. The van der Waals surface area contributed by atoms with E-state index in [9.17, 15) is 35.5 Å². The van der Waals surface area contributed by atoms with Gasteiger partial charge >= 0.3 is 0 Å². The molecule has 272 valence electrons. The monoisotopic (exact) mass is 790 g/mol. The molecule has 0 radical (unpaired) electrons. The highest BCUT2D eigenvalue weighted by molar-refractivity contribution is 7.90. The van der Waals surface area contributed by atoms with E-state index in [-0.39, 0.29) is 57.4 Å². The molecular formula is C36H30Cl2F2N2O8S2. The number of rotatable bonds is 13. The van der Waals surface area contributed by atoms with Crippen LogP contribution in [0.4, 0.5) is 8.78 Å². The fourth-order valence-electron chi connectivity index (χ4n) is 5.09. The molecule has 0 aliphatic carbocycles. The van der Waals surface area contributed by atoms with E-state index in [1.165, 1.54) is 86.0 Å². The van der Waals surface area contributed by atoms with Crippen LogP contribution in [0, 0.1) is 11.6 Å². The lowest BCUT2D eigenvalue weighted by atomic mass is 10.1. The van der Waals surface area contributed by atoms with Crippen LogP contribution in [-0.4, -0.2) is 45.5 Å². The average molecular weight is 792 g/mol. The van der Waals surface area contributed by atoms with Gasteiger partial charge in [-0.2, -0.15) is 4.31 Å². The number of halogens is 4. The van der Waals surface area contributed by atoms with Gasteiger partial charge in [0.05, 0.1) is 22.6 Å². The zero-order chi connectivity index (χ0) is 37.8. The average Bonchev–Trinajstić information content (AvgIpc) is 3.09. The first kappa shape index (κ1) is 38.5. The Labute approximate surface area is 309 Å². The van der Waals surface area contributed by atoms with Gasteiger partial charge in [-0.3, -0.25) is 4.79 Å². The van der Waals surface area contributed by atoms with Crippen LogP contribution in [0.5, 0.6) is 23.0 Å². The molecule has 1 amide bonds. The normalized spacial score (nSPS) is 11.8. The van der Waals surface area contributed by atoms with Crippen molar-refractivity contribution in [2.45, 2.75) is 29.4 Å². The Morgan fingerprint density at radius 2 is 1.48 bits per heavy atom. The maximum Gasteiger partial charge on any atom is 0.254 e. The van der Waals surface area contributed by atoms with Crippen molar-refractivity contribution >= 4 is 49.0 Å². The quantitative estimate of drug-likeness (QED) is 0.125. The molecule has 0 aliphatic rings. The molecule has 16 heteroatoms. The van der Waals surface area contributed by atoms with Gasteiger partial charge in [0.2, 0.25) is 10.0 Å². The number of phenols is 1. The summed E-state index contributed by atoms with van der Waals surface area (Å²) in [6, 6.07) is 21.7. The maximum absolute atomic E-state index is 14.8. The van der Waals surface area contributed by atoms with Crippen LogP contribution in [0.15, 0.2) is 107 Å². The largest absolute Gasteiger partial charge is 0.505 e. The molecule has 0 heterocycles. The van der Waals surface area contributed by atoms with Gasteiger partial charge in [-0.25, -0.2) is 25.6 Å². The van der Waals surface area contributed by atoms with Gasteiger partial charge in [0.15, 0.2) is 27.2 Å². The van der Waals surface area contributed by atoms with E-state index in [1.54, 1.807) is 12.1 Å².